The van der Waals surface area contributed by atoms with E-state index in [-0.39, 0.29) is 72.1 Å². The first-order valence-corrected chi connectivity index (χ1v) is 12.0. The fraction of sp³-hybridized carbons (Fsp3) is 0.273. The van der Waals surface area contributed by atoms with Gasteiger partial charge in [0, 0.05) is 45.1 Å². The van der Waals surface area contributed by atoms with Crippen molar-refractivity contribution in [1.82, 2.24) is 14.2 Å². The van der Waals surface area contributed by atoms with Crippen molar-refractivity contribution < 1.29 is 26.4 Å². The third kappa shape index (κ3) is 5.07. The van der Waals surface area contributed by atoms with Crippen LogP contribution in [0.4, 0.5) is 8.78 Å². The Morgan fingerprint density at radius 2 is 1.82 bits per heavy atom. The second kappa shape index (κ2) is 9.58. The number of carbonyl (C=O) groups excluding carboxylic acids is 1. The molecule has 1 saturated heterocycles. The Balaban J connectivity index is 1.32. The Labute approximate surface area is 194 Å². The van der Waals surface area contributed by atoms with Gasteiger partial charge in [0.15, 0.2) is 11.7 Å². The molecule has 11 heteroatoms. The summed E-state index contributed by atoms with van der Waals surface area (Å²) in [4.78, 5) is 18.3. The summed E-state index contributed by atoms with van der Waals surface area (Å²) in [6.07, 6.45) is 1.62. The van der Waals surface area contributed by atoms with Crippen LogP contribution in [0.3, 0.4) is 0 Å². The van der Waals surface area contributed by atoms with E-state index in [2.05, 4.69) is 4.98 Å². The molecule has 0 unspecified atom stereocenters. The number of rotatable bonds is 6. The maximum absolute atomic E-state index is 13.9. The van der Waals surface area contributed by atoms with E-state index in [4.69, 9.17) is 16.0 Å². The maximum Gasteiger partial charge on any atom is 0.244 e. The van der Waals surface area contributed by atoms with E-state index >= 15 is 0 Å². The molecule has 1 amide bonds. The molecule has 0 radical (unpaired) electrons. The van der Waals surface area contributed by atoms with Crippen molar-refractivity contribution in [3.05, 3.63) is 71.2 Å². The lowest BCUT2D eigenvalue weighted by Gasteiger charge is -2.34. The molecule has 1 aliphatic rings. The highest BCUT2D eigenvalue weighted by Gasteiger charge is 2.31. The average Bonchev–Trinajstić information content (AvgIpc) is 3.26. The molecule has 1 fully saturated rings. The summed E-state index contributed by atoms with van der Waals surface area (Å²) in [5, 5.41) is 0.154. The number of sulfonamides is 1. The summed E-state index contributed by atoms with van der Waals surface area (Å²) in [6.45, 7) is 0.818. The number of amides is 1. The Bertz CT molecular complexity index is 1270. The first kappa shape index (κ1) is 23.3. The van der Waals surface area contributed by atoms with Gasteiger partial charge >= 0.3 is 0 Å². The van der Waals surface area contributed by atoms with E-state index in [0.29, 0.717) is 0 Å². The topological polar surface area (TPSA) is 83.7 Å². The number of hydrogen-bond donors (Lipinski definition) is 0. The predicted molar refractivity (Wildman–Crippen MR) is 117 cm³/mol. The molecule has 33 heavy (non-hydrogen) atoms. The van der Waals surface area contributed by atoms with Crippen LogP contribution in [0, 0.1) is 11.6 Å². The van der Waals surface area contributed by atoms with Gasteiger partial charge in [-0.05, 0) is 24.3 Å². The van der Waals surface area contributed by atoms with Gasteiger partial charge in [-0.3, -0.25) is 4.79 Å². The molecule has 0 bridgehead atoms. The van der Waals surface area contributed by atoms with Gasteiger partial charge in [0.25, 0.3) is 0 Å². The van der Waals surface area contributed by atoms with Crippen molar-refractivity contribution in [2.75, 3.05) is 26.2 Å². The number of piperazine rings is 1. The van der Waals surface area contributed by atoms with Gasteiger partial charge < -0.3 is 9.32 Å². The molecular weight excluding hydrogens is 476 g/mol. The van der Waals surface area contributed by atoms with Gasteiger partial charge in [-0.1, -0.05) is 23.7 Å². The zero-order valence-corrected chi connectivity index (χ0v) is 19.0. The van der Waals surface area contributed by atoms with Crippen LogP contribution < -0.4 is 0 Å². The monoisotopic (exact) mass is 495 g/mol. The van der Waals surface area contributed by atoms with Crippen LogP contribution in [-0.4, -0.2) is 54.7 Å². The normalized spacial score (nSPS) is 15.1. The van der Waals surface area contributed by atoms with E-state index in [1.54, 1.807) is 17.0 Å². The fourth-order valence-corrected chi connectivity index (χ4v) is 5.50. The molecular formula is C22H20ClF2N3O4S. The number of aryl methyl sites for hydroxylation is 1. The fourth-order valence-electron chi connectivity index (χ4n) is 3.58. The zero-order chi connectivity index (χ0) is 23.6. The molecule has 4 rings (SSSR count). The van der Waals surface area contributed by atoms with Crippen molar-refractivity contribution in [2.24, 2.45) is 0 Å². The van der Waals surface area contributed by atoms with Crippen LogP contribution in [0.1, 0.15) is 12.3 Å². The number of oxazole rings is 1. The molecule has 7 nitrogen and oxygen atoms in total. The van der Waals surface area contributed by atoms with Crippen molar-refractivity contribution >= 4 is 27.5 Å². The van der Waals surface area contributed by atoms with Crippen molar-refractivity contribution in [1.29, 1.82) is 0 Å². The number of aromatic nitrogens is 1. The average molecular weight is 496 g/mol. The van der Waals surface area contributed by atoms with E-state index in [0.717, 1.165) is 12.1 Å². The molecule has 1 aromatic heterocycles. The highest BCUT2D eigenvalue weighted by molar-refractivity contribution is 7.89. The quantitative estimate of drug-likeness (QED) is 0.520. The van der Waals surface area contributed by atoms with Crippen LogP contribution >= 0.6 is 11.6 Å². The van der Waals surface area contributed by atoms with Crippen LogP contribution in [0.15, 0.2) is 58.0 Å². The minimum absolute atomic E-state index is 0.0451. The molecule has 0 aliphatic carbocycles. The second-order valence-corrected chi connectivity index (χ2v) is 9.77. The number of halogens is 3. The van der Waals surface area contributed by atoms with Crippen LogP contribution in [-0.2, 0) is 21.2 Å². The highest BCUT2D eigenvalue weighted by atomic mass is 35.5. The predicted octanol–water partition coefficient (Wildman–Crippen LogP) is 3.74. The highest BCUT2D eigenvalue weighted by Crippen LogP contribution is 2.26. The molecule has 2 aromatic carbocycles. The Hall–Kier alpha value is -2.82. The third-order valence-electron chi connectivity index (χ3n) is 5.35. The Kier molecular flexibility index (Phi) is 6.78. The van der Waals surface area contributed by atoms with Crippen molar-refractivity contribution in [3.8, 4) is 11.3 Å². The van der Waals surface area contributed by atoms with Crippen LogP contribution in [0.2, 0.25) is 5.02 Å². The van der Waals surface area contributed by atoms with Gasteiger partial charge in [0.05, 0.1) is 16.8 Å². The molecule has 0 spiro atoms. The number of hydrogen-bond acceptors (Lipinski definition) is 5. The van der Waals surface area contributed by atoms with Gasteiger partial charge in [-0.25, -0.2) is 22.2 Å². The van der Waals surface area contributed by atoms with Crippen molar-refractivity contribution in [3.63, 3.8) is 0 Å². The standard InChI is InChI=1S/C22H20ClF2N3O4S/c23-17-3-1-2-4-20(17)33(30,31)28-11-9-27(10-12-28)22(29)8-7-21-26-14-19(32-21)16-6-5-15(24)13-18(16)25/h1-6,13-14H,7-12H2. The summed E-state index contributed by atoms with van der Waals surface area (Å²) < 4.78 is 59.5. The lowest BCUT2D eigenvalue weighted by molar-refractivity contribution is -0.132. The molecule has 0 atom stereocenters. The maximum atomic E-state index is 13.9. The SMILES string of the molecule is O=C(CCc1ncc(-c2ccc(F)cc2F)o1)N1CCN(S(=O)(=O)c2ccccc2Cl)CC1. The lowest BCUT2D eigenvalue weighted by Crippen LogP contribution is -2.50. The minimum Gasteiger partial charge on any atom is -0.441 e. The minimum atomic E-state index is -3.74. The van der Waals surface area contributed by atoms with Crippen molar-refractivity contribution in [2.45, 2.75) is 17.7 Å². The van der Waals surface area contributed by atoms with Crippen LogP contribution in [0.5, 0.6) is 0 Å². The smallest absolute Gasteiger partial charge is 0.244 e. The Morgan fingerprint density at radius 3 is 2.52 bits per heavy atom. The summed E-state index contributed by atoms with van der Waals surface area (Å²) in [6, 6.07) is 9.38. The summed E-state index contributed by atoms with van der Waals surface area (Å²) in [5.41, 5.74) is 0.0809. The largest absolute Gasteiger partial charge is 0.441 e. The first-order valence-electron chi connectivity index (χ1n) is 10.2. The summed E-state index contributed by atoms with van der Waals surface area (Å²) in [5.74, 6) is -1.23. The second-order valence-electron chi connectivity index (χ2n) is 7.46. The molecule has 1 aliphatic heterocycles. The van der Waals surface area contributed by atoms with E-state index in [1.165, 1.54) is 28.7 Å². The van der Waals surface area contributed by atoms with E-state index in [1.807, 2.05) is 0 Å². The molecule has 3 aromatic rings. The summed E-state index contributed by atoms with van der Waals surface area (Å²) in [7, 11) is -3.74. The Morgan fingerprint density at radius 1 is 1.09 bits per heavy atom. The van der Waals surface area contributed by atoms with Gasteiger partial charge in [-0.2, -0.15) is 4.31 Å². The summed E-state index contributed by atoms with van der Waals surface area (Å²) >= 11 is 6.04. The molecule has 0 saturated carbocycles. The molecule has 174 valence electrons. The number of carbonyl (C=O) groups is 1. The molecule has 2 heterocycles. The number of nitrogens with zero attached hydrogens (tertiary/aromatic N) is 3. The number of benzene rings is 2. The van der Waals surface area contributed by atoms with Gasteiger partial charge in [0.2, 0.25) is 15.9 Å². The van der Waals surface area contributed by atoms with Gasteiger partial charge in [-0.15, -0.1) is 0 Å². The molecule has 0 N–H and O–H groups in total. The van der Waals surface area contributed by atoms with E-state index < -0.39 is 21.7 Å². The lowest BCUT2D eigenvalue weighted by atomic mass is 10.2. The third-order valence-corrected chi connectivity index (χ3v) is 7.75. The van der Waals surface area contributed by atoms with E-state index in [9.17, 15) is 22.0 Å². The first-order chi connectivity index (χ1) is 15.8. The van der Waals surface area contributed by atoms with Gasteiger partial charge in [0.1, 0.15) is 16.5 Å². The van der Waals surface area contributed by atoms with Crippen LogP contribution in [0.25, 0.3) is 11.3 Å². The zero-order valence-electron chi connectivity index (χ0n) is 17.4.